The van der Waals surface area contributed by atoms with E-state index >= 15 is 0 Å². The Morgan fingerprint density at radius 1 is 0.333 bits per heavy atom. The number of rotatable bonds is 7. The van der Waals surface area contributed by atoms with Crippen molar-refractivity contribution in [1.29, 1.82) is 0 Å². The molecule has 4 aliphatic rings. The van der Waals surface area contributed by atoms with Crippen LogP contribution in [0.3, 0.4) is 0 Å². The van der Waals surface area contributed by atoms with E-state index < -0.39 is 143 Å². The Balaban J connectivity index is 0.000000246. The number of hydrogen-bond donors (Lipinski definition) is 16. The molecule has 0 bridgehead atoms. The summed E-state index contributed by atoms with van der Waals surface area (Å²) in [7, 11) is 0. The topological polar surface area (TPSA) is 379 Å². The molecule has 0 aromatic carbocycles. The Bertz CT molecular complexity index is 882. The van der Waals surface area contributed by atoms with E-state index in [9.17, 15) is 76.6 Å². The molecule has 0 aromatic heterocycles. The van der Waals surface area contributed by atoms with E-state index in [1.54, 1.807) is 0 Å². The molecule has 0 spiro atoms. The second-order valence-electron chi connectivity index (χ2n) is 10.7. The maximum Gasteiger partial charge on any atom is 0.189 e. The number of ether oxygens (including phenoxy) is 6. The van der Waals surface area contributed by atoms with Gasteiger partial charge >= 0.3 is 0 Å². The minimum absolute atomic E-state index is 0.667. The van der Waals surface area contributed by atoms with Crippen LogP contribution in [0.5, 0.6) is 0 Å². The second kappa shape index (κ2) is 16.5. The first-order chi connectivity index (χ1) is 21.1. The lowest BCUT2D eigenvalue weighted by Gasteiger charge is -2.45. The normalized spacial score (nSPS) is 52.5. The van der Waals surface area contributed by atoms with Gasteiger partial charge in [-0.25, -0.2) is 0 Å². The zero-order valence-corrected chi connectivity index (χ0v) is 23.3. The molecule has 4 aliphatic heterocycles. The van der Waals surface area contributed by atoms with Crippen LogP contribution >= 0.6 is 0 Å². The minimum Gasteiger partial charge on any atom is -0.394 e. The van der Waals surface area contributed by atoms with Gasteiger partial charge in [0.2, 0.25) is 0 Å². The fourth-order valence-electron chi connectivity index (χ4n) is 4.90. The third kappa shape index (κ3) is 8.41. The Labute approximate surface area is 253 Å². The van der Waals surface area contributed by atoms with Gasteiger partial charge in [-0.2, -0.15) is 0 Å². The van der Waals surface area contributed by atoms with Crippen molar-refractivity contribution in [2.45, 2.75) is 123 Å². The predicted octanol–water partition coefficient (Wildman–Crippen LogP) is -10.8. The number of aliphatic hydroxyl groups is 16. The molecule has 266 valence electrons. The molecule has 45 heavy (non-hydrogen) atoms. The zero-order chi connectivity index (χ0) is 33.9. The Morgan fingerprint density at radius 3 is 1.07 bits per heavy atom. The van der Waals surface area contributed by atoms with Crippen LogP contribution in [0.25, 0.3) is 0 Å². The van der Waals surface area contributed by atoms with Crippen LogP contribution in [-0.4, -0.2) is 225 Å². The van der Waals surface area contributed by atoms with Crippen LogP contribution in [0.4, 0.5) is 0 Å². The standard InChI is InChI=1S/C12H22O11.C11H20O11/c13-1-3-5(15)6(16)9(19)12(22-3)23-10-4(2-14)21-11(20)8(18)7(10)17;12-1-2-8(4(14)6(16)9(18)20-2)21-11-7(17)3(13)5(15)10(19)22-11/h3-20H,1-2H2;2-19H,1H2/t3-,4-,5-,6+,7-,8-,9-,10-,11-,12+;2?,3-,4+,5+,6?,7?,8-,9-,10?,11-/m11/s1. The molecule has 0 amide bonds. The fourth-order valence-corrected chi connectivity index (χ4v) is 4.90. The lowest BCUT2D eigenvalue weighted by Crippen LogP contribution is -2.64. The van der Waals surface area contributed by atoms with E-state index in [-0.39, 0.29) is 0 Å². The Kier molecular flexibility index (Phi) is 14.1. The van der Waals surface area contributed by atoms with Crippen molar-refractivity contribution in [3.63, 3.8) is 0 Å². The molecule has 16 N–H and O–H groups in total. The molecule has 20 atom stereocenters. The molecule has 4 unspecified atom stereocenters. The summed E-state index contributed by atoms with van der Waals surface area (Å²) in [6.45, 7) is -2.04. The monoisotopic (exact) mass is 670 g/mol. The van der Waals surface area contributed by atoms with Crippen molar-refractivity contribution in [2.75, 3.05) is 19.8 Å². The average Bonchev–Trinajstić information content (AvgIpc) is 3.02. The summed E-state index contributed by atoms with van der Waals surface area (Å²) in [5.74, 6) is 0. The number of aliphatic hydroxyl groups excluding tert-OH is 16. The number of hydrogen-bond acceptors (Lipinski definition) is 22. The highest BCUT2D eigenvalue weighted by molar-refractivity contribution is 4.94. The quantitative estimate of drug-likeness (QED) is 0.119. The van der Waals surface area contributed by atoms with Gasteiger partial charge in [0, 0.05) is 0 Å². The van der Waals surface area contributed by atoms with Crippen LogP contribution in [0.15, 0.2) is 0 Å². The highest BCUT2D eigenvalue weighted by atomic mass is 16.8. The van der Waals surface area contributed by atoms with Gasteiger partial charge < -0.3 is 110 Å². The second-order valence-corrected chi connectivity index (χ2v) is 10.7. The molecule has 4 fully saturated rings. The minimum atomic E-state index is -1.85. The molecular weight excluding hydrogens is 628 g/mol. The van der Waals surface area contributed by atoms with E-state index in [0.717, 1.165) is 0 Å². The molecule has 4 heterocycles. The Hall–Kier alpha value is -0.880. The van der Waals surface area contributed by atoms with Gasteiger partial charge in [-0.1, -0.05) is 0 Å². The van der Waals surface area contributed by atoms with Gasteiger partial charge in [0.1, 0.15) is 91.6 Å². The van der Waals surface area contributed by atoms with Gasteiger partial charge in [-0.3, -0.25) is 0 Å². The van der Waals surface area contributed by atoms with Crippen molar-refractivity contribution in [3.8, 4) is 0 Å². The van der Waals surface area contributed by atoms with E-state index in [0.29, 0.717) is 0 Å². The van der Waals surface area contributed by atoms with Crippen molar-refractivity contribution in [2.24, 2.45) is 0 Å². The summed E-state index contributed by atoms with van der Waals surface area (Å²) in [6.07, 6.45) is -32.3. The predicted molar refractivity (Wildman–Crippen MR) is 132 cm³/mol. The van der Waals surface area contributed by atoms with Crippen molar-refractivity contribution < 1.29 is 110 Å². The van der Waals surface area contributed by atoms with Gasteiger partial charge in [0.15, 0.2) is 31.5 Å². The summed E-state index contributed by atoms with van der Waals surface area (Å²) < 4.78 is 30.0. The molecule has 4 rings (SSSR count). The van der Waals surface area contributed by atoms with Crippen LogP contribution in [0.2, 0.25) is 0 Å². The van der Waals surface area contributed by atoms with Gasteiger partial charge in [-0.15, -0.1) is 0 Å². The van der Waals surface area contributed by atoms with Crippen molar-refractivity contribution in [1.82, 2.24) is 0 Å². The first-order valence-corrected chi connectivity index (χ1v) is 13.7. The van der Waals surface area contributed by atoms with E-state index in [1.165, 1.54) is 0 Å². The van der Waals surface area contributed by atoms with E-state index in [1.807, 2.05) is 0 Å². The highest BCUT2D eigenvalue weighted by Gasteiger charge is 2.51. The summed E-state index contributed by atoms with van der Waals surface area (Å²) in [4.78, 5) is 0. The summed E-state index contributed by atoms with van der Waals surface area (Å²) >= 11 is 0. The van der Waals surface area contributed by atoms with Gasteiger partial charge in [0.05, 0.1) is 19.8 Å². The zero-order valence-electron chi connectivity index (χ0n) is 23.3. The van der Waals surface area contributed by atoms with Gasteiger partial charge in [0.25, 0.3) is 0 Å². The summed E-state index contributed by atoms with van der Waals surface area (Å²) in [6, 6.07) is 0. The van der Waals surface area contributed by atoms with Crippen LogP contribution in [0, 0.1) is 0 Å². The first-order valence-electron chi connectivity index (χ1n) is 13.7. The van der Waals surface area contributed by atoms with Crippen molar-refractivity contribution in [3.05, 3.63) is 0 Å². The first kappa shape index (κ1) is 38.6. The third-order valence-corrected chi connectivity index (χ3v) is 7.65. The lowest BCUT2D eigenvalue weighted by molar-refractivity contribution is -0.375. The molecule has 0 saturated carbocycles. The molecule has 4 saturated heterocycles. The highest BCUT2D eigenvalue weighted by Crippen LogP contribution is 2.30. The smallest absolute Gasteiger partial charge is 0.189 e. The van der Waals surface area contributed by atoms with Crippen molar-refractivity contribution >= 4 is 0 Å². The largest absolute Gasteiger partial charge is 0.394 e. The van der Waals surface area contributed by atoms with E-state index in [2.05, 4.69) is 0 Å². The molecule has 0 aliphatic carbocycles. The molecule has 22 heteroatoms. The molecule has 0 radical (unpaired) electrons. The van der Waals surface area contributed by atoms with E-state index in [4.69, 9.17) is 33.5 Å². The maximum atomic E-state index is 9.94. The van der Waals surface area contributed by atoms with Gasteiger partial charge in [-0.05, 0) is 0 Å². The molecule has 22 nitrogen and oxygen atoms in total. The average molecular weight is 671 g/mol. The molecular formula is C23H42O22. The van der Waals surface area contributed by atoms with Crippen LogP contribution < -0.4 is 0 Å². The SMILES string of the molecule is OCC1O[C@@H](O)C(O)[C@H](O)[C@@H]1O[C@@H]1OC(O)[C@@H](O)[C@@H](O)C1O.OC[C@H]1O[C@@H](O[C@H]2[C@H](O)[C@@H](O)[C@H](O)O[C@@H]2CO)[C@H](O)[C@@H](O)[C@@H]1O. The maximum absolute atomic E-state index is 9.94. The third-order valence-electron chi connectivity index (χ3n) is 7.65. The summed E-state index contributed by atoms with van der Waals surface area (Å²) in [5.41, 5.74) is 0. The fraction of sp³-hybridized carbons (Fsp3) is 1.00. The molecule has 0 aromatic rings. The lowest BCUT2D eigenvalue weighted by atomic mass is 9.97. The van der Waals surface area contributed by atoms with Crippen LogP contribution in [0.1, 0.15) is 0 Å². The Morgan fingerprint density at radius 2 is 0.667 bits per heavy atom. The van der Waals surface area contributed by atoms with Crippen LogP contribution in [-0.2, 0) is 28.4 Å². The summed E-state index contributed by atoms with van der Waals surface area (Å²) in [5, 5.41) is 152.